The van der Waals surface area contributed by atoms with Crippen molar-refractivity contribution in [2.24, 2.45) is 0 Å². The number of halogens is 2. The first-order valence-electron chi connectivity index (χ1n) is 24.0. The first kappa shape index (κ1) is 54.4. The summed E-state index contributed by atoms with van der Waals surface area (Å²) in [4.78, 5) is 80.4. The number of benzene rings is 3. The van der Waals surface area contributed by atoms with Crippen LogP contribution in [0.1, 0.15) is 68.9 Å². The first-order chi connectivity index (χ1) is 33.6. The summed E-state index contributed by atoms with van der Waals surface area (Å²) in [5, 5.41) is 7.78. The first-order valence-corrected chi connectivity index (χ1v) is 24.4. The van der Waals surface area contributed by atoms with Gasteiger partial charge in [0, 0.05) is 99.0 Å². The van der Waals surface area contributed by atoms with Crippen molar-refractivity contribution < 1.29 is 42.6 Å². The van der Waals surface area contributed by atoms with Gasteiger partial charge in [0.05, 0.1) is 49.9 Å². The van der Waals surface area contributed by atoms with Crippen LogP contribution < -0.4 is 15.4 Å². The number of hydrogen-bond acceptors (Lipinski definition) is 13. The van der Waals surface area contributed by atoms with Gasteiger partial charge in [-0.3, -0.25) is 53.1 Å². The Morgan fingerprint density at radius 3 is 1.79 bits per heavy atom. The molecule has 0 radical (unpaired) electrons. The fraction of sp³-hybridized carbons (Fsp3) is 0.472. The van der Waals surface area contributed by atoms with Crippen LogP contribution in [0.25, 0.3) is 21.8 Å². The number of fused-ring (bicyclic) bond motifs is 2. The van der Waals surface area contributed by atoms with E-state index < -0.39 is 11.2 Å². The molecular formula is C53H68ClFN8O8. The van der Waals surface area contributed by atoms with E-state index in [-0.39, 0.29) is 74.6 Å². The molecule has 3 heterocycles. The van der Waals surface area contributed by atoms with Crippen molar-refractivity contribution in [2.45, 2.75) is 72.6 Å². The molecule has 3 aromatic carbocycles. The van der Waals surface area contributed by atoms with E-state index in [1.807, 2.05) is 74.4 Å². The molecule has 0 atom stereocenters. The summed E-state index contributed by atoms with van der Waals surface area (Å²) in [6, 6.07) is 20.3. The topological polar surface area (TPSA) is 168 Å². The molecule has 71 heavy (non-hydrogen) atoms. The normalized spacial score (nSPS) is 15.2. The van der Waals surface area contributed by atoms with E-state index in [1.165, 1.54) is 12.1 Å². The summed E-state index contributed by atoms with van der Waals surface area (Å²) in [7, 11) is 1.56. The van der Waals surface area contributed by atoms with Gasteiger partial charge in [-0.1, -0.05) is 17.7 Å². The molecule has 0 saturated carbocycles. The van der Waals surface area contributed by atoms with Crippen LogP contribution in [0.5, 0.6) is 5.75 Å². The van der Waals surface area contributed by atoms with Crippen LogP contribution in [0.15, 0.2) is 72.8 Å². The molecule has 6 rings (SSSR count). The molecule has 0 aliphatic carbocycles. The maximum Gasteiger partial charge on any atom is 0.320 e. The summed E-state index contributed by atoms with van der Waals surface area (Å²) < 4.78 is 32.5. The number of nitrogens with zero attached hydrogens (tertiary/aromatic N) is 6. The SMILES string of the molecule is COc1ccc2c(c1)c(CC(=O)NCCNC(=O)CN1CCN(CC(=O)OC(C)(C)C)CCN(Cc3ccc4cc(F)ccc4n3)CCN(CC(=O)OC(C)(C)C)CC1)c(C)n2C(=O)c1ccc(Cl)cc1. The second-order valence-electron chi connectivity index (χ2n) is 19.9. The lowest BCUT2D eigenvalue weighted by Crippen LogP contribution is -2.50. The number of nitrogens with one attached hydrogen (secondary N) is 2. The average molecular weight is 1000 g/mol. The number of ether oxygens (including phenoxy) is 3. The van der Waals surface area contributed by atoms with Crippen LogP contribution in [0.4, 0.5) is 4.39 Å². The second-order valence-corrected chi connectivity index (χ2v) is 20.3. The molecule has 5 aromatic rings. The summed E-state index contributed by atoms with van der Waals surface area (Å²) >= 11 is 6.09. The summed E-state index contributed by atoms with van der Waals surface area (Å²) in [6.45, 7) is 17.5. The third kappa shape index (κ3) is 16.5. The fourth-order valence-electron chi connectivity index (χ4n) is 8.46. The predicted octanol–water partition coefficient (Wildman–Crippen LogP) is 5.87. The van der Waals surface area contributed by atoms with Gasteiger partial charge in [-0.05, 0) is 121 Å². The van der Waals surface area contributed by atoms with Crippen molar-refractivity contribution in [3.63, 3.8) is 0 Å². The van der Waals surface area contributed by atoms with Crippen molar-refractivity contribution in [3.05, 3.63) is 106 Å². The number of aromatic nitrogens is 2. The molecule has 1 saturated heterocycles. The number of hydrogen-bond donors (Lipinski definition) is 2. The summed E-state index contributed by atoms with van der Waals surface area (Å²) in [6.07, 6.45) is -0.0158. The molecule has 0 bridgehead atoms. The highest BCUT2D eigenvalue weighted by atomic mass is 35.5. The third-order valence-corrected chi connectivity index (χ3v) is 12.1. The number of pyridine rings is 1. The summed E-state index contributed by atoms with van der Waals surface area (Å²) in [5.74, 6) is -1.27. The molecule has 2 amide bonds. The van der Waals surface area contributed by atoms with Crippen molar-refractivity contribution >= 4 is 63.1 Å². The maximum absolute atomic E-state index is 14.0. The lowest BCUT2D eigenvalue weighted by Gasteiger charge is -2.34. The fourth-order valence-corrected chi connectivity index (χ4v) is 8.59. The van der Waals surface area contributed by atoms with E-state index in [1.54, 1.807) is 61.1 Å². The molecular weight excluding hydrogens is 931 g/mol. The molecule has 18 heteroatoms. The van der Waals surface area contributed by atoms with Gasteiger partial charge < -0.3 is 24.8 Å². The third-order valence-electron chi connectivity index (χ3n) is 11.9. The number of amides is 2. The molecule has 2 N–H and O–H groups in total. The van der Waals surface area contributed by atoms with Gasteiger partial charge >= 0.3 is 11.9 Å². The zero-order valence-electron chi connectivity index (χ0n) is 42.2. The van der Waals surface area contributed by atoms with Crippen LogP contribution in [0, 0.1) is 12.7 Å². The number of esters is 2. The minimum absolute atomic E-state index is 0.0158. The minimum atomic E-state index is -0.673. The highest BCUT2D eigenvalue weighted by Gasteiger charge is 2.26. The number of carbonyl (C=O) groups is 5. The van der Waals surface area contributed by atoms with Crippen molar-refractivity contribution in [2.75, 3.05) is 92.2 Å². The van der Waals surface area contributed by atoms with Crippen LogP contribution in [0.3, 0.4) is 0 Å². The van der Waals surface area contributed by atoms with E-state index in [2.05, 4.69) is 15.5 Å². The molecule has 0 spiro atoms. The van der Waals surface area contributed by atoms with Crippen LogP contribution in [0.2, 0.25) is 5.02 Å². The smallest absolute Gasteiger partial charge is 0.320 e. The van der Waals surface area contributed by atoms with Gasteiger partial charge in [0.25, 0.3) is 5.91 Å². The monoisotopic (exact) mass is 998 g/mol. The Morgan fingerprint density at radius 2 is 1.23 bits per heavy atom. The zero-order valence-corrected chi connectivity index (χ0v) is 43.0. The predicted molar refractivity (Wildman–Crippen MR) is 272 cm³/mol. The lowest BCUT2D eigenvalue weighted by atomic mass is 10.1. The Balaban J connectivity index is 1.11. The largest absolute Gasteiger partial charge is 0.497 e. The molecule has 2 aromatic heterocycles. The van der Waals surface area contributed by atoms with E-state index in [0.29, 0.717) is 108 Å². The minimum Gasteiger partial charge on any atom is -0.497 e. The molecule has 1 aliphatic rings. The van der Waals surface area contributed by atoms with Gasteiger partial charge in [-0.25, -0.2) is 4.39 Å². The molecule has 1 fully saturated rings. The van der Waals surface area contributed by atoms with Gasteiger partial charge in [0.2, 0.25) is 11.8 Å². The van der Waals surface area contributed by atoms with E-state index >= 15 is 0 Å². The second kappa shape index (κ2) is 24.4. The Bertz CT molecular complexity index is 2640. The van der Waals surface area contributed by atoms with Gasteiger partial charge in [-0.15, -0.1) is 0 Å². The van der Waals surface area contributed by atoms with Crippen molar-refractivity contribution in [1.82, 2.24) is 39.8 Å². The standard InChI is InChI=1S/C53H68ClFN8O8/c1-36-43(44-30-42(69-8)16-18-46(44)63(36)51(68)37-9-12-39(54)13-10-37)31-47(64)56-19-20-57-48(65)33-60-23-27-61(34-49(66)70-52(2,3)4)25-21-59(22-26-62(28-24-60)35-50(67)71-53(5,6)7)32-41-15-11-38-29-40(55)14-17-45(38)58-41/h9-18,29-30H,19-28,31-35H2,1-8H3,(H,56,64)(H,57,65). The van der Waals surface area contributed by atoms with Crippen molar-refractivity contribution in [1.29, 1.82) is 0 Å². The Morgan fingerprint density at radius 1 is 0.676 bits per heavy atom. The Kier molecular flexibility index (Phi) is 18.7. The number of rotatable bonds is 15. The molecule has 0 unspecified atom stereocenters. The Hall–Kier alpha value is -5.98. The highest BCUT2D eigenvalue weighted by molar-refractivity contribution is 6.30. The quantitative estimate of drug-likeness (QED) is 0.0946. The van der Waals surface area contributed by atoms with Gasteiger partial charge in [-0.2, -0.15) is 0 Å². The maximum atomic E-state index is 14.0. The average Bonchev–Trinajstić information content (AvgIpc) is 3.56. The Labute approximate surface area is 420 Å². The zero-order chi connectivity index (χ0) is 51.5. The number of carbonyl (C=O) groups excluding carboxylic acids is 5. The van der Waals surface area contributed by atoms with Crippen LogP contribution in [-0.4, -0.2) is 162 Å². The van der Waals surface area contributed by atoms with E-state index in [4.69, 9.17) is 30.8 Å². The van der Waals surface area contributed by atoms with Crippen molar-refractivity contribution in [3.8, 4) is 5.75 Å². The molecule has 1 aliphatic heterocycles. The van der Waals surface area contributed by atoms with E-state index in [0.717, 1.165) is 5.69 Å². The highest BCUT2D eigenvalue weighted by Crippen LogP contribution is 2.31. The number of methoxy groups -OCH3 is 1. The molecule has 382 valence electrons. The van der Waals surface area contributed by atoms with E-state index in [9.17, 15) is 28.4 Å². The van der Waals surface area contributed by atoms with Crippen LogP contribution >= 0.6 is 11.6 Å². The lowest BCUT2D eigenvalue weighted by molar-refractivity contribution is -0.157. The molecule has 16 nitrogen and oxygen atoms in total. The van der Waals surface area contributed by atoms with Gasteiger partial charge in [0.15, 0.2) is 0 Å². The van der Waals surface area contributed by atoms with Gasteiger partial charge in [0.1, 0.15) is 22.8 Å². The summed E-state index contributed by atoms with van der Waals surface area (Å²) in [5.41, 5.74) is 2.51. The van der Waals surface area contributed by atoms with Crippen LogP contribution in [-0.2, 0) is 41.6 Å².